The summed E-state index contributed by atoms with van der Waals surface area (Å²) in [4.78, 5) is 13.2. The molecule has 0 saturated carbocycles. The number of aliphatic hydroxyl groups excluding tert-OH is 1. The highest BCUT2D eigenvalue weighted by Crippen LogP contribution is 2.37. The van der Waals surface area contributed by atoms with Gasteiger partial charge in [-0.05, 0) is 0 Å². The number of nitrogens with zero attached hydrogens (tertiary/aromatic N) is 8. The van der Waals surface area contributed by atoms with Crippen molar-refractivity contribution in [2.45, 2.75) is 38.3 Å². The van der Waals surface area contributed by atoms with E-state index in [0.717, 1.165) is 5.69 Å². The van der Waals surface area contributed by atoms with Gasteiger partial charge in [-0.1, -0.05) is 32.4 Å². The second-order valence-electron chi connectivity index (χ2n) is 10.0. The number of nitrogens with one attached hydrogen (secondary N) is 1. The molecular formula is C24H26ClN9O3. The summed E-state index contributed by atoms with van der Waals surface area (Å²) < 4.78 is 16.8. The van der Waals surface area contributed by atoms with Crippen molar-refractivity contribution >= 4 is 40.0 Å². The number of pyridine rings is 1. The molecule has 2 N–H and O–H groups in total. The molecule has 1 aliphatic rings. The van der Waals surface area contributed by atoms with Crippen LogP contribution in [0.1, 0.15) is 32.5 Å². The molecule has 0 spiro atoms. The normalized spacial score (nSPS) is 18.2. The van der Waals surface area contributed by atoms with Crippen LogP contribution in [-0.2, 0) is 17.2 Å². The minimum Gasteiger partial charge on any atom is -0.450 e. The molecule has 0 amide bonds. The van der Waals surface area contributed by atoms with Crippen molar-refractivity contribution in [3.8, 4) is 11.5 Å². The number of rotatable bonds is 5. The molecular weight excluding hydrogens is 498 g/mol. The first kappa shape index (κ1) is 23.6. The van der Waals surface area contributed by atoms with Gasteiger partial charge in [-0.15, -0.1) is 0 Å². The number of imidazole rings is 1. The van der Waals surface area contributed by atoms with E-state index < -0.39 is 6.10 Å². The van der Waals surface area contributed by atoms with Crippen molar-refractivity contribution in [3.63, 3.8) is 0 Å². The fraction of sp³-hybridized carbons (Fsp3) is 0.375. The van der Waals surface area contributed by atoms with Gasteiger partial charge in [0.1, 0.15) is 28.2 Å². The van der Waals surface area contributed by atoms with E-state index in [0.29, 0.717) is 58.2 Å². The molecule has 1 fully saturated rings. The zero-order chi connectivity index (χ0) is 25.9. The van der Waals surface area contributed by atoms with Crippen LogP contribution in [0.15, 0.2) is 37.1 Å². The van der Waals surface area contributed by atoms with Gasteiger partial charge >= 0.3 is 0 Å². The molecule has 0 aliphatic carbocycles. The highest BCUT2D eigenvalue weighted by atomic mass is 35.5. The molecule has 37 heavy (non-hydrogen) atoms. The smallest absolute Gasteiger partial charge is 0.210 e. The summed E-state index contributed by atoms with van der Waals surface area (Å²) in [6, 6.07) is 1.71. The van der Waals surface area contributed by atoms with Crippen LogP contribution in [0, 0.1) is 0 Å². The number of halogens is 1. The molecule has 192 valence electrons. The van der Waals surface area contributed by atoms with Crippen molar-refractivity contribution in [2.75, 3.05) is 18.5 Å². The van der Waals surface area contributed by atoms with Gasteiger partial charge in [-0.3, -0.25) is 9.67 Å². The maximum Gasteiger partial charge on any atom is 0.210 e. The Balaban J connectivity index is 1.34. The topological polar surface area (TPSA) is 129 Å². The van der Waals surface area contributed by atoms with Gasteiger partial charge in [0.25, 0.3) is 0 Å². The van der Waals surface area contributed by atoms with E-state index in [2.05, 4.69) is 46.1 Å². The number of hydrogen-bond acceptors (Lipinski definition) is 9. The quantitative estimate of drug-likeness (QED) is 0.354. The van der Waals surface area contributed by atoms with E-state index in [-0.39, 0.29) is 11.5 Å². The Hall–Kier alpha value is -3.74. The van der Waals surface area contributed by atoms with Crippen LogP contribution < -0.4 is 10.1 Å². The molecule has 0 aromatic carbocycles. The van der Waals surface area contributed by atoms with Gasteiger partial charge in [0, 0.05) is 36.6 Å². The molecule has 1 aliphatic heterocycles. The number of hydrogen-bond donors (Lipinski definition) is 2. The average Bonchev–Trinajstić information content (AvgIpc) is 3.63. The highest BCUT2D eigenvalue weighted by molar-refractivity contribution is 6.36. The predicted molar refractivity (Wildman–Crippen MR) is 137 cm³/mol. The fourth-order valence-corrected chi connectivity index (χ4v) is 4.75. The average molecular weight is 524 g/mol. The monoisotopic (exact) mass is 523 g/mol. The summed E-state index contributed by atoms with van der Waals surface area (Å²) >= 11 is 6.76. The third kappa shape index (κ3) is 4.06. The maximum atomic E-state index is 10.4. The Kier molecular flexibility index (Phi) is 5.55. The summed E-state index contributed by atoms with van der Waals surface area (Å²) in [7, 11) is 1.84. The number of anilines is 2. The number of ether oxygens (including phenoxy) is 2. The van der Waals surface area contributed by atoms with E-state index in [1.807, 2.05) is 17.8 Å². The Morgan fingerprint density at radius 2 is 2.03 bits per heavy atom. The third-order valence-electron chi connectivity index (χ3n) is 6.39. The van der Waals surface area contributed by atoms with E-state index in [1.54, 1.807) is 33.9 Å². The zero-order valence-corrected chi connectivity index (χ0v) is 21.5. The van der Waals surface area contributed by atoms with Crippen LogP contribution in [-0.4, -0.2) is 63.3 Å². The van der Waals surface area contributed by atoms with Gasteiger partial charge < -0.3 is 24.5 Å². The fourth-order valence-electron chi connectivity index (χ4n) is 4.45. The lowest BCUT2D eigenvalue weighted by Crippen LogP contribution is -2.28. The van der Waals surface area contributed by atoms with Crippen LogP contribution in [0.4, 0.5) is 11.8 Å². The molecule has 13 heteroatoms. The van der Waals surface area contributed by atoms with Gasteiger partial charge in [-0.2, -0.15) is 15.2 Å². The van der Waals surface area contributed by atoms with E-state index >= 15 is 0 Å². The van der Waals surface area contributed by atoms with Gasteiger partial charge in [0.15, 0.2) is 23.0 Å². The van der Waals surface area contributed by atoms with Crippen LogP contribution in [0.2, 0.25) is 5.02 Å². The van der Waals surface area contributed by atoms with Crippen molar-refractivity contribution in [3.05, 3.63) is 47.8 Å². The van der Waals surface area contributed by atoms with Gasteiger partial charge in [-0.25, -0.2) is 9.50 Å². The highest BCUT2D eigenvalue weighted by Gasteiger charge is 2.33. The Labute approximate surface area is 216 Å². The molecule has 5 aromatic heterocycles. The first-order valence-corrected chi connectivity index (χ1v) is 12.2. The Morgan fingerprint density at radius 1 is 1.19 bits per heavy atom. The van der Waals surface area contributed by atoms with E-state index in [4.69, 9.17) is 26.2 Å². The second-order valence-corrected chi connectivity index (χ2v) is 10.4. The number of fused-ring (bicyclic) bond motifs is 2. The lowest BCUT2D eigenvalue weighted by atomic mass is 9.91. The summed E-state index contributed by atoms with van der Waals surface area (Å²) in [5.41, 5.74) is 2.53. The van der Waals surface area contributed by atoms with Crippen molar-refractivity contribution < 1.29 is 14.6 Å². The van der Waals surface area contributed by atoms with Crippen LogP contribution >= 0.6 is 11.6 Å². The van der Waals surface area contributed by atoms with Crippen LogP contribution in [0.3, 0.4) is 0 Å². The number of aryl methyl sites for hydroxylation is 1. The molecule has 0 bridgehead atoms. The second kappa shape index (κ2) is 8.68. The molecule has 2 atom stereocenters. The summed E-state index contributed by atoms with van der Waals surface area (Å²) in [5.74, 6) is 1.98. The number of aromatic nitrogens is 8. The minimum atomic E-state index is -0.616. The molecule has 6 rings (SSSR count). The van der Waals surface area contributed by atoms with Crippen molar-refractivity contribution in [1.82, 2.24) is 38.9 Å². The maximum absolute atomic E-state index is 10.4. The largest absolute Gasteiger partial charge is 0.450 e. The minimum absolute atomic E-state index is 0.202. The van der Waals surface area contributed by atoms with Gasteiger partial charge in [0.2, 0.25) is 5.95 Å². The molecule has 0 unspecified atom stereocenters. The molecule has 12 nitrogen and oxygen atoms in total. The predicted octanol–water partition coefficient (Wildman–Crippen LogP) is 3.63. The summed E-state index contributed by atoms with van der Waals surface area (Å²) in [5, 5.41) is 23.1. The lowest BCUT2D eigenvalue weighted by molar-refractivity contribution is 0.117. The molecule has 0 radical (unpaired) electrons. The Bertz CT molecular complexity index is 1620. The van der Waals surface area contributed by atoms with Gasteiger partial charge in [0.05, 0.1) is 31.8 Å². The summed E-state index contributed by atoms with van der Waals surface area (Å²) in [6.07, 6.45) is 7.56. The Morgan fingerprint density at radius 3 is 2.78 bits per heavy atom. The first-order chi connectivity index (χ1) is 17.7. The lowest BCUT2D eigenvalue weighted by Gasteiger charge is -2.24. The van der Waals surface area contributed by atoms with Crippen LogP contribution in [0.5, 0.6) is 11.5 Å². The van der Waals surface area contributed by atoms with Crippen molar-refractivity contribution in [1.29, 1.82) is 0 Å². The summed E-state index contributed by atoms with van der Waals surface area (Å²) in [6.45, 7) is 7.01. The first-order valence-electron chi connectivity index (χ1n) is 11.8. The number of aliphatic hydroxyl groups is 1. The molecule has 5 aromatic rings. The SMILES string of the molecule is Cn1c(Nc2cc(C(C)(C)C)n([C@H]3COC[C@@H]3O)n2)nc2ncc(Oc3cnn4ccncc34)c(Cl)c21. The van der Waals surface area contributed by atoms with Crippen LogP contribution in [0.25, 0.3) is 16.7 Å². The van der Waals surface area contributed by atoms with E-state index in [9.17, 15) is 5.11 Å². The molecule has 6 heterocycles. The standard InChI is InChI=1S/C24H26ClN9O3/c1-24(2,3)18-7-19(31-34(18)14-11-36-12-15(14)35)29-23-30-22-21(32(23)4)20(25)17(9-27-22)37-16-10-28-33-6-5-26-8-13(16)33/h5-10,14-15,35H,11-12H2,1-4H3,(H,27,29,30,31)/t14-,15-/m0/s1. The van der Waals surface area contributed by atoms with Crippen molar-refractivity contribution in [2.24, 2.45) is 7.05 Å². The van der Waals surface area contributed by atoms with E-state index in [1.165, 1.54) is 6.20 Å². The molecule has 1 saturated heterocycles. The zero-order valence-electron chi connectivity index (χ0n) is 20.8. The third-order valence-corrected chi connectivity index (χ3v) is 6.76.